The summed E-state index contributed by atoms with van der Waals surface area (Å²) in [5, 5.41) is 3.64. The van der Waals surface area contributed by atoms with Gasteiger partial charge in [-0.05, 0) is 56.7 Å². The van der Waals surface area contributed by atoms with Gasteiger partial charge in [0.25, 0.3) is 0 Å². The Kier molecular flexibility index (Phi) is 3.79. The average Bonchev–Trinajstić information content (AvgIpc) is 3.15. The van der Waals surface area contributed by atoms with Crippen LogP contribution in [0.4, 0.5) is 0 Å². The van der Waals surface area contributed by atoms with E-state index in [4.69, 9.17) is 4.74 Å². The Bertz CT molecular complexity index is 439. The molecule has 2 nitrogen and oxygen atoms in total. The minimum absolute atomic E-state index is 0.400. The SMILES string of the molecule is CCNC(CCC1Cc2cc(C)ccc2O1)C1CC1. The van der Waals surface area contributed by atoms with Crippen molar-refractivity contribution in [1.82, 2.24) is 5.32 Å². The van der Waals surface area contributed by atoms with Gasteiger partial charge in [-0.15, -0.1) is 0 Å². The summed E-state index contributed by atoms with van der Waals surface area (Å²) in [7, 11) is 0. The van der Waals surface area contributed by atoms with Gasteiger partial charge in [0, 0.05) is 12.5 Å². The molecule has 0 amide bonds. The zero-order valence-corrected chi connectivity index (χ0v) is 12.1. The lowest BCUT2D eigenvalue weighted by molar-refractivity contribution is 0.208. The van der Waals surface area contributed by atoms with Crippen LogP contribution >= 0.6 is 0 Å². The van der Waals surface area contributed by atoms with E-state index < -0.39 is 0 Å². The third kappa shape index (κ3) is 3.11. The molecule has 0 aromatic heterocycles. The highest BCUT2D eigenvalue weighted by molar-refractivity contribution is 5.40. The number of fused-ring (bicyclic) bond motifs is 1. The molecule has 0 bridgehead atoms. The van der Waals surface area contributed by atoms with E-state index in [1.54, 1.807) is 0 Å². The second-order valence-electron chi connectivity index (χ2n) is 6.13. The van der Waals surface area contributed by atoms with Crippen LogP contribution in [0, 0.1) is 12.8 Å². The van der Waals surface area contributed by atoms with E-state index in [1.165, 1.54) is 36.8 Å². The molecular weight excluding hydrogens is 234 g/mol. The van der Waals surface area contributed by atoms with Crippen LogP contribution in [-0.2, 0) is 6.42 Å². The van der Waals surface area contributed by atoms with Gasteiger partial charge in [0.1, 0.15) is 11.9 Å². The molecule has 1 aliphatic heterocycles. The fourth-order valence-corrected chi connectivity index (χ4v) is 3.24. The minimum Gasteiger partial charge on any atom is -0.490 e. The lowest BCUT2D eigenvalue weighted by Crippen LogP contribution is -2.32. The monoisotopic (exact) mass is 259 g/mol. The van der Waals surface area contributed by atoms with Crippen LogP contribution in [0.1, 0.15) is 43.7 Å². The Morgan fingerprint density at radius 2 is 2.21 bits per heavy atom. The van der Waals surface area contributed by atoms with E-state index in [0.717, 1.165) is 30.7 Å². The molecule has 1 fully saturated rings. The van der Waals surface area contributed by atoms with Gasteiger partial charge in [0.05, 0.1) is 0 Å². The van der Waals surface area contributed by atoms with Crippen molar-refractivity contribution in [3.8, 4) is 5.75 Å². The number of ether oxygens (including phenoxy) is 1. The minimum atomic E-state index is 0.400. The molecular formula is C17H25NO. The highest BCUT2D eigenvalue weighted by atomic mass is 16.5. The number of nitrogens with one attached hydrogen (secondary N) is 1. The maximum absolute atomic E-state index is 6.06. The molecule has 1 saturated carbocycles. The van der Waals surface area contributed by atoms with Crippen LogP contribution in [0.3, 0.4) is 0 Å². The summed E-state index contributed by atoms with van der Waals surface area (Å²) in [4.78, 5) is 0. The molecule has 0 saturated heterocycles. The van der Waals surface area contributed by atoms with Crippen molar-refractivity contribution in [2.24, 2.45) is 5.92 Å². The number of rotatable bonds is 6. The topological polar surface area (TPSA) is 21.3 Å². The first kappa shape index (κ1) is 13.0. The summed E-state index contributed by atoms with van der Waals surface area (Å²) in [6.07, 6.45) is 6.78. The molecule has 0 radical (unpaired) electrons. The maximum Gasteiger partial charge on any atom is 0.123 e. The summed E-state index contributed by atoms with van der Waals surface area (Å²) in [5.74, 6) is 2.05. The molecule has 2 heteroatoms. The molecule has 1 aliphatic carbocycles. The van der Waals surface area contributed by atoms with Crippen molar-refractivity contribution in [1.29, 1.82) is 0 Å². The largest absolute Gasteiger partial charge is 0.490 e. The number of benzene rings is 1. The average molecular weight is 259 g/mol. The Morgan fingerprint density at radius 1 is 1.37 bits per heavy atom. The van der Waals surface area contributed by atoms with Crippen molar-refractivity contribution in [3.05, 3.63) is 29.3 Å². The summed E-state index contributed by atoms with van der Waals surface area (Å²) in [6, 6.07) is 7.28. The third-order valence-corrected chi connectivity index (χ3v) is 4.41. The zero-order chi connectivity index (χ0) is 13.2. The second kappa shape index (κ2) is 5.54. The van der Waals surface area contributed by atoms with Crippen LogP contribution in [0.5, 0.6) is 5.75 Å². The standard InChI is InChI=1S/C17H25NO/c1-3-18-16(13-5-6-13)8-7-15-11-14-10-12(2)4-9-17(14)19-15/h4,9-10,13,15-16,18H,3,5-8,11H2,1-2H3. The van der Waals surface area contributed by atoms with Crippen LogP contribution in [0.25, 0.3) is 0 Å². The molecule has 1 N–H and O–H groups in total. The molecule has 104 valence electrons. The van der Waals surface area contributed by atoms with E-state index in [-0.39, 0.29) is 0 Å². The van der Waals surface area contributed by atoms with Gasteiger partial charge in [0.2, 0.25) is 0 Å². The van der Waals surface area contributed by atoms with Gasteiger partial charge in [0.15, 0.2) is 0 Å². The van der Waals surface area contributed by atoms with E-state index >= 15 is 0 Å². The van der Waals surface area contributed by atoms with Crippen molar-refractivity contribution in [3.63, 3.8) is 0 Å². The molecule has 1 aromatic carbocycles. The van der Waals surface area contributed by atoms with E-state index in [9.17, 15) is 0 Å². The first-order valence-electron chi connectivity index (χ1n) is 7.76. The van der Waals surface area contributed by atoms with Crippen LogP contribution in [0.15, 0.2) is 18.2 Å². The molecule has 3 rings (SSSR count). The maximum atomic E-state index is 6.06. The predicted molar refractivity (Wildman–Crippen MR) is 78.7 cm³/mol. The molecule has 1 aromatic rings. The van der Waals surface area contributed by atoms with Crippen molar-refractivity contribution in [2.45, 2.75) is 58.1 Å². The first-order chi connectivity index (χ1) is 9.26. The first-order valence-corrected chi connectivity index (χ1v) is 7.76. The van der Waals surface area contributed by atoms with Crippen LogP contribution in [-0.4, -0.2) is 18.7 Å². The van der Waals surface area contributed by atoms with Gasteiger partial charge in [-0.25, -0.2) is 0 Å². The number of aryl methyl sites for hydroxylation is 1. The molecule has 19 heavy (non-hydrogen) atoms. The summed E-state index contributed by atoms with van der Waals surface area (Å²) in [5.41, 5.74) is 2.74. The van der Waals surface area contributed by atoms with E-state index in [2.05, 4.69) is 37.4 Å². The number of hydrogen-bond acceptors (Lipinski definition) is 2. The summed E-state index contributed by atoms with van der Waals surface area (Å²) in [6.45, 7) is 5.45. The molecule has 1 heterocycles. The van der Waals surface area contributed by atoms with Gasteiger partial charge >= 0.3 is 0 Å². The van der Waals surface area contributed by atoms with Crippen molar-refractivity contribution in [2.75, 3.05) is 6.54 Å². The predicted octanol–water partition coefficient (Wildman–Crippen LogP) is 3.47. The number of hydrogen-bond donors (Lipinski definition) is 1. The summed E-state index contributed by atoms with van der Waals surface area (Å²) < 4.78 is 6.06. The quantitative estimate of drug-likeness (QED) is 0.844. The Labute approximate surface area is 116 Å². The van der Waals surface area contributed by atoms with E-state index in [0.29, 0.717) is 6.10 Å². The molecule has 2 unspecified atom stereocenters. The summed E-state index contributed by atoms with van der Waals surface area (Å²) >= 11 is 0. The third-order valence-electron chi connectivity index (χ3n) is 4.41. The van der Waals surface area contributed by atoms with Crippen molar-refractivity contribution >= 4 is 0 Å². The molecule has 0 spiro atoms. The van der Waals surface area contributed by atoms with Gasteiger partial charge in [-0.1, -0.05) is 24.6 Å². The fourth-order valence-electron chi connectivity index (χ4n) is 3.24. The second-order valence-corrected chi connectivity index (χ2v) is 6.13. The van der Waals surface area contributed by atoms with Gasteiger partial charge < -0.3 is 10.1 Å². The highest BCUT2D eigenvalue weighted by Gasteiger charge is 2.32. The highest BCUT2D eigenvalue weighted by Crippen LogP contribution is 2.36. The van der Waals surface area contributed by atoms with Gasteiger partial charge in [-0.2, -0.15) is 0 Å². The fraction of sp³-hybridized carbons (Fsp3) is 0.647. The van der Waals surface area contributed by atoms with E-state index in [1.807, 2.05) is 0 Å². The lowest BCUT2D eigenvalue weighted by atomic mass is 10.0. The molecule has 2 atom stereocenters. The van der Waals surface area contributed by atoms with Crippen LogP contribution < -0.4 is 10.1 Å². The molecule has 2 aliphatic rings. The van der Waals surface area contributed by atoms with Crippen LogP contribution in [0.2, 0.25) is 0 Å². The smallest absolute Gasteiger partial charge is 0.123 e. The Hall–Kier alpha value is -1.02. The zero-order valence-electron chi connectivity index (χ0n) is 12.1. The Balaban J connectivity index is 1.52. The van der Waals surface area contributed by atoms with Gasteiger partial charge in [-0.3, -0.25) is 0 Å². The van der Waals surface area contributed by atoms with Crippen molar-refractivity contribution < 1.29 is 4.74 Å². The normalized spacial score (nSPS) is 22.9. The Morgan fingerprint density at radius 3 is 2.95 bits per heavy atom. The lowest BCUT2D eigenvalue weighted by Gasteiger charge is -2.19.